The Kier molecular flexibility index (Phi) is 4.39. The second kappa shape index (κ2) is 6.23. The predicted octanol–water partition coefficient (Wildman–Crippen LogP) is 2.44. The zero-order valence-electron chi connectivity index (χ0n) is 12.2. The van der Waals surface area contributed by atoms with Crippen LogP contribution in [0.2, 0.25) is 0 Å². The summed E-state index contributed by atoms with van der Waals surface area (Å²) in [6, 6.07) is 11.2. The third-order valence-corrected chi connectivity index (χ3v) is 3.35. The van der Waals surface area contributed by atoms with Crippen LogP contribution in [0.5, 0.6) is 0 Å². The van der Waals surface area contributed by atoms with Gasteiger partial charge in [0.05, 0.1) is 17.5 Å². The highest BCUT2D eigenvalue weighted by Gasteiger charge is 2.19. The number of anilines is 1. The minimum absolute atomic E-state index is 0.197. The van der Waals surface area contributed by atoms with E-state index >= 15 is 0 Å². The van der Waals surface area contributed by atoms with E-state index in [1.54, 1.807) is 17.9 Å². The molecule has 2 aromatic rings. The van der Waals surface area contributed by atoms with Gasteiger partial charge in [-0.05, 0) is 26.0 Å². The molecule has 0 fully saturated rings. The fourth-order valence-corrected chi connectivity index (χ4v) is 2.20. The van der Waals surface area contributed by atoms with Gasteiger partial charge in [0.25, 0.3) is 5.91 Å². The van der Waals surface area contributed by atoms with Gasteiger partial charge >= 0.3 is 0 Å². The number of nitrogens with two attached hydrogens (primary N) is 1. The smallest absolute Gasteiger partial charge is 0.272 e. The molecule has 1 aromatic carbocycles. The lowest BCUT2D eigenvalue weighted by Gasteiger charge is -2.21. The van der Waals surface area contributed by atoms with Gasteiger partial charge in [-0.1, -0.05) is 18.2 Å². The van der Waals surface area contributed by atoms with Crippen LogP contribution in [0, 0.1) is 17.2 Å². The summed E-state index contributed by atoms with van der Waals surface area (Å²) in [5.74, 6) is -0.413. The van der Waals surface area contributed by atoms with E-state index in [0.717, 1.165) is 5.39 Å². The first kappa shape index (κ1) is 14.8. The van der Waals surface area contributed by atoms with Crippen LogP contribution in [-0.2, 0) is 0 Å². The third-order valence-electron chi connectivity index (χ3n) is 3.35. The van der Waals surface area contributed by atoms with E-state index in [4.69, 9.17) is 11.0 Å². The number of fused-ring (bicyclic) bond motifs is 1. The third kappa shape index (κ3) is 3.11. The molecule has 21 heavy (non-hydrogen) atoms. The van der Waals surface area contributed by atoms with Gasteiger partial charge in [-0.15, -0.1) is 0 Å². The number of pyridine rings is 1. The number of aromatic nitrogens is 1. The highest BCUT2D eigenvalue weighted by molar-refractivity contribution is 5.99. The fraction of sp³-hybridized carbons (Fsp3) is 0.312. The molecule has 1 unspecified atom stereocenters. The van der Waals surface area contributed by atoms with Crippen LogP contribution >= 0.6 is 0 Å². The number of nitriles is 1. The average molecular weight is 282 g/mol. The largest absolute Gasteiger partial charge is 0.398 e. The normalized spacial score (nSPS) is 11.9. The van der Waals surface area contributed by atoms with E-state index in [9.17, 15) is 4.79 Å². The lowest BCUT2D eigenvalue weighted by molar-refractivity contribution is 0.0747. The monoisotopic (exact) mass is 282 g/mol. The summed E-state index contributed by atoms with van der Waals surface area (Å²) >= 11 is 0. The predicted molar refractivity (Wildman–Crippen MR) is 82.5 cm³/mol. The van der Waals surface area contributed by atoms with Gasteiger partial charge in [0, 0.05) is 24.2 Å². The molecular formula is C16H18N4O. The van der Waals surface area contributed by atoms with Crippen molar-refractivity contribution in [1.29, 1.82) is 5.26 Å². The van der Waals surface area contributed by atoms with E-state index in [1.165, 1.54) is 0 Å². The van der Waals surface area contributed by atoms with Gasteiger partial charge in [-0.2, -0.15) is 5.26 Å². The molecule has 0 aliphatic carbocycles. The van der Waals surface area contributed by atoms with Crippen molar-refractivity contribution in [1.82, 2.24) is 9.88 Å². The molecule has 1 aromatic heterocycles. The van der Waals surface area contributed by atoms with Crippen molar-refractivity contribution in [3.63, 3.8) is 0 Å². The summed E-state index contributed by atoms with van der Waals surface area (Å²) in [4.78, 5) is 18.5. The molecule has 0 aliphatic heterocycles. The van der Waals surface area contributed by atoms with Crippen molar-refractivity contribution in [3.8, 4) is 6.07 Å². The second-order valence-corrected chi connectivity index (χ2v) is 4.99. The minimum atomic E-state index is -0.216. The Labute approximate surface area is 124 Å². The Bertz CT molecular complexity index is 705. The lowest BCUT2D eigenvalue weighted by atomic mass is 10.1. The van der Waals surface area contributed by atoms with Gasteiger partial charge in [0.15, 0.2) is 0 Å². The highest BCUT2D eigenvalue weighted by Crippen LogP contribution is 2.21. The van der Waals surface area contributed by atoms with Gasteiger partial charge in [-0.3, -0.25) is 4.79 Å². The maximum Gasteiger partial charge on any atom is 0.272 e. The topological polar surface area (TPSA) is 83.0 Å². The van der Waals surface area contributed by atoms with E-state index in [2.05, 4.69) is 11.1 Å². The number of para-hydroxylation sites is 1. The van der Waals surface area contributed by atoms with Crippen molar-refractivity contribution in [2.24, 2.45) is 5.92 Å². The quantitative estimate of drug-likeness (QED) is 0.933. The van der Waals surface area contributed by atoms with E-state index in [1.807, 2.05) is 31.2 Å². The second-order valence-electron chi connectivity index (χ2n) is 4.99. The van der Waals surface area contributed by atoms with Crippen molar-refractivity contribution in [2.75, 3.05) is 18.8 Å². The Hall–Kier alpha value is -2.61. The summed E-state index contributed by atoms with van der Waals surface area (Å²) < 4.78 is 0. The lowest BCUT2D eigenvalue weighted by Crippen LogP contribution is -2.34. The van der Waals surface area contributed by atoms with Crippen LogP contribution < -0.4 is 5.73 Å². The number of hydrogen-bond donors (Lipinski definition) is 1. The van der Waals surface area contributed by atoms with Crippen molar-refractivity contribution >= 4 is 22.5 Å². The van der Waals surface area contributed by atoms with E-state index < -0.39 is 0 Å². The molecule has 2 rings (SSSR count). The summed E-state index contributed by atoms with van der Waals surface area (Å²) in [5.41, 5.74) is 7.55. The van der Waals surface area contributed by atoms with Gasteiger partial charge < -0.3 is 10.6 Å². The maximum absolute atomic E-state index is 12.5. The number of hydrogen-bond acceptors (Lipinski definition) is 4. The van der Waals surface area contributed by atoms with Gasteiger partial charge in [0.1, 0.15) is 5.69 Å². The van der Waals surface area contributed by atoms with Crippen LogP contribution in [0.25, 0.3) is 10.9 Å². The number of nitrogens with zero attached hydrogens (tertiary/aromatic N) is 3. The summed E-state index contributed by atoms with van der Waals surface area (Å²) in [7, 11) is 0. The van der Waals surface area contributed by atoms with Gasteiger partial charge in [-0.25, -0.2) is 4.98 Å². The van der Waals surface area contributed by atoms with Crippen LogP contribution in [0.15, 0.2) is 30.3 Å². The van der Waals surface area contributed by atoms with E-state index in [-0.39, 0.29) is 11.8 Å². The number of benzene rings is 1. The molecule has 2 N–H and O–H groups in total. The number of nitrogen functional groups attached to an aromatic ring is 1. The molecule has 1 heterocycles. The first-order valence-corrected chi connectivity index (χ1v) is 6.91. The highest BCUT2D eigenvalue weighted by atomic mass is 16.2. The number of amides is 1. The molecule has 5 nitrogen and oxygen atoms in total. The van der Waals surface area contributed by atoms with Crippen LogP contribution in [-0.4, -0.2) is 28.9 Å². The SMILES string of the molecule is CCN(CC(C)C#N)C(=O)c1cc(N)c2ccccc2n1. The van der Waals surface area contributed by atoms with Crippen LogP contribution in [0.1, 0.15) is 24.3 Å². The Morgan fingerprint density at radius 3 is 2.86 bits per heavy atom. The summed E-state index contributed by atoms with van der Waals surface area (Å²) in [6.45, 7) is 4.59. The van der Waals surface area contributed by atoms with Crippen molar-refractivity contribution < 1.29 is 4.79 Å². The molecule has 0 bridgehead atoms. The molecule has 0 radical (unpaired) electrons. The summed E-state index contributed by atoms with van der Waals surface area (Å²) in [5, 5.41) is 9.73. The van der Waals surface area contributed by atoms with E-state index in [0.29, 0.717) is 30.0 Å². The zero-order chi connectivity index (χ0) is 15.4. The molecule has 0 saturated heterocycles. The van der Waals surface area contributed by atoms with Crippen molar-refractivity contribution in [2.45, 2.75) is 13.8 Å². The Morgan fingerprint density at radius 2 is 2.19 bits per heavy atom. The first-order chi connectivity index (χ1) is 10.1. The molecule has 1 amide bonds. The number of carbonyl (C=O) groups is 1. The van der Waals surface area contributed by atoms with Crippen molar-refractivity contribution in [3.05, 3.63) is 36.0 Å². The maximum atomic E-state index is 12.5. The number of carbonyl (C=O) groups excluding carboxylic acids is 1. The van der Waals surface area contributed by atoms with Crippen LogP contribution in [0.3, 0.4) is 0 Å². The molecule has 5 heteroatoms. The standard InChI is InChI=1S/C16H18N4O/c1-3-20(10-11(2)9-17)16(21)15-8-13(18)12-6-4-5-7-14(12)19-15/h4-8,11H,3,10H2,1-2H3,(H2,18,19). The molecule has 0 spiro atoms. The molecule has 0 saturated carbocycles. The molecular weight excluding hydrogens is 264 g/mol. The Morgan fingerprint density at radius 1 is 1.48 bits per heavy atom. The van der Waals surface area contributed by atoms with Gasteiger partial charge in [0.2, 0.25) is 0 Å². The fourth-order valence-electron chi connectivity index (χ4n) is 2.20. The summed E-state index contributed by atoms with van der Waals surface area (Å²) in [6.07, 6.45) is 0. The zero-order valence-corrected chi connectivity index (χ0v) is 12.2. The van der Waals surface area contributed by atoms with Crippen LogP contribution in [0.4, 0.5) is 5.69 Å². The number of rotatable bonds is 4. The molecule has 108 valence electrons. The molecule has 1 atom stereocenters. The first-order valence-electron chi connectivity index (χ1n) is 6.91. The minimum Gasteiger partial charge on any atom is -0.398 e. The average Bonchev–Trinajstić information content (AvgIpc) is 2.51. The Balaban J connectivity index is 2.36. The molecule has 0 aliphatic rings.